The third kappa shape index (κ3) is 5.70. The molecule has 7 nitrogen and oxygen atoms in total. The smallest absolute Gasteiger partial charge is 0.333 e. The van der Waals surface area contributed by atoms with E-state index in [1.807, 2.05) is 54.6 Å². The number of aromatic nitrogens is 1. The number of rotatable bonds is 6. The van der Waals surface area contributed by atoms with Crippen LogP contribution >= 0.6 is 11.3 Å². The van der Waals surface area contributed by atoms with Crippen LogP contribution in [0.1, 0.15) is 12.5 Å². The molecule has 1 amide bonds. The summed E-state index contributed by atoms with van der Waals surface area (Å²) in [5.41, 5.74) is 2.73. The van der Waals surface area contributed by atoms with Gasteiger partial charge < -0.3 is 14.4 Å². The summed E-state index contributed by atoms with van der Waals surface area (Å²) in [6, 6.07) is 17.9. The molecule has 0 atom stereocenters. The van der Waals surface area contributed by atoms with Gasteiger partial charge in [0.2, 0.25) is 5.91 Å². The maximum atomic E-state index is 13.2. The van der Waals surface area contributed by atoms with E-state index in [9.17, 15) is 14.4 Å². The normalized spacial score (nSPS) is 14.9. The van der Waals surface area contributed by atoms with Crippen LogP contribution in [0.15, 0.2) is 59.4 Å². The number of hydrogen-bond acceptors (Lipinski definition) is 6. The standard InChI is InChI=1S/C26H26N2O5S/c1-2-33-25(30)17-24-28(18-23(29)27-12-14-32-15-13-27)26(31)22(34-24)16-19-8-10-21(11-9-19)20-6-4-3-5-7-20/h3-11,16-17H,2,12-15,18H2,1H3/b22-16+,24-17-. The molecule has 1 aromatic heterocycles. The molecule has 0 spiro atoms. The molecular formula is C26H26N2O5S. The number of esters is 1. The van der Waals surface area contributed by atoms with Gasteiger partial charge in [-0.25, -0.2) is 4.79 Å². The lowest BCUT2D eigenvalue weighted by Crippen LogP contribution is -2.45. The summed E-state index contributed by atoms with van der Waals surface area (Å²) in [5, 5.41) is 0. The lowest BCUT2D eigenvalue weighted by Gasteiger charge is -2.26. The highest BCUT2D eigenvalue weighted by Crippen LogP contribution is 2.19. The van der Waals surface area contributed by atoms with Crippen LogP contribution in [0.2, 0.25) is 0 Å². The number of carbonyl (C=O) groups is 2. The average molecular weight is 479 g/mol. The van der Waals surface area contributed by atoms with Crippen molar-refractivity contribution in [2.75, 3.05) is 32.9 Å². The maximum absolute atomic E-state index is 13.2. The SMILES string of the molecule is CCOC(=O)/C=c1\s/c(=C/c2ccc(-c3ccccc3)cc2)c(=O)n1CC(=O)N1CCOCC1. The second kappa shape index (κ2) is 11.1. The van der Waals surface area contributed by atoms with Crippen LogP contribution in [0.5, 0.6) is 0 Å². The molecule has 1 saturated heterocycles. The summed E-state index contributed by atoms with van der Waals surface area (Å²) in [6.07, 6.45) is 3.05. The van der Waals surface area contributed by atoms with Gasteiger partial charge >= 0.3 is 5.97 Å². The Labute approximate surface area is 201 Å². The zero-order valence-electron chi connectivity index (χ0n) is 18.9. The Bertz CT molecular complexity index is 1320. The first-order valence-corrected chi connectivity index (χ1v) is 12.0. The van der Waals surface area contributed by atoms with E-state index in [1.54, 1.807) is 17.9 Å². The molecule has 1 aliphatic rings. The van der Waals surface area contributed by atoms with Gasteiger partial charge in [0.25, 0.3) is 5.56 Å². The van der Waals surface area contributed by atoms with Gasteiger partial charge in [0.15, 0.2) is 0 Å². The fraction of sp³-hybridized carbons (Fsp3) is 0.269. The average Bonchev–Trinajstić information content (AvgIpc) is 3.14. The predicted molar refractivity (Wildman–Crippen MR) is 132 cm³/mol. The Hall–Kier alpha value is -3.49. The van der Waals surface area contributed by atoms with Crippen molar-refractivity contribution in [1.29, 1.82) is 0 Å². The van der Waals surface area contributed by atoms with Crippen LogP contribution < -0.4 is 14.8 Å². The van der Waals surface area contributed by atoms with Crippen molar-refractivity contribution < 1.29 is 19.1 Å². The molecule has 0 bridgehead atoms. The summed E-state index contributed by atoms with van der Waals surface area (Å²) >= 11 is 1.17. The monoisotopic (exact) mass is 478 g/mol. The molecule has 0 radical (unpaired) electrons. The number of benzene rings is 2. The third-order valence-corrected chi connectivity index (χ3v) is 6.50. The van der Waals surface area contributed by atoms with Crippen molar-refractivity contribution in [1.82, 2.24) is 9.47 Å². The number of nitrogens with zero attached hydrogens (tertiary/aromatic N) is 2. The molecule has 2 aromatic carbocycles. The van der Waals surface area contributed by atoms with Gasteiger partial charge in [0, 0.05) is 13.1 Å². The molecule has 176 valence electrons. The van der Waals surface area contributed by atoms with Crippen molar-refractivity contribution >= 4 is 35.4 Å². The number of amides is 1. The van der Waals surface area contributed by atoms with Gasteiger partial charge in [-0.15, -0.1) is 11.3 Å². The van der Waals surface area contributed by atoms with Gasteiger partial charge in [0.1, 0.15) is 11.2 Å². The number of hydrogen-bond donors (Lipinski definition) is 0. The second-order valence-electron chi connectivity index (χ2n) is 7.72. The van der Waals surface area contributed by atoms with Crippen LogP contribution in [-0.4, -0.2) is 54.3 Å². The first kappa shape index (κ1) is 23.7. The van der Waals surface area contributed by atoms with Crippen LogP contribution in [-0.2, 0) is 25.6 Å². The van der Waals surface area contributed by atoms with E-state index in [-0.39, 0.29) is 24.6 Å². The van der Waals surface area contributed by atoms with E-state index >= 15 is 0 Å². The zero-order valence-corrected chi connectivity index (χ0v) is 19.8. The summed E-state index contributed by atoms with van der Waals surface area (Å²) in [7, 11) is 0. The van der Waals surface area contributed by atoms with E-state index in [2.05, 4.69) is 0 Å². The fourth-order valence-electron chi connectivity index (χ4n) is 3.68. The maximum Gasteiger partial charge on any atom is 0.333 e. The molecule has 2 heterocycles. The predicted octanol–water partition coefficient (Wildman–Crippen LogP) is 1.61. The first-order chi connectivity index (χ1) is 16.5. The second-order valence-corrected chi connectivity index (χ2v) is 8.78. The van der Waals surface area contributed by atoms with Gasteiger partial charge in [-0.2, -0.15) is 0 Å². The van der Waals surface area contributed by atoms with Gasteiger partial charge in [-0.1, -0.05) is 54.6 Å². The number of carbonyl (C=O) groups excluding carboxylic acids is 2. The van der Waals surface area contributed by atoms with E-state index in [0.717, 1.165) is 16.7 Å². The van der Waals surface area contributed by atoms with Gasteiger partial charge in [0.05, 0.1) is 30.4 Å². The molecule has 3 aromatic rings. The Morgan fingerprint density at radius 1 is 1.03 bits per heavy atom. The van der Waals surface area contributed by atoms with Crippen molar-refractivity contribution in [3.8, 4) is 11.1 Å². The molecule has 1 fully saturated rings. The Balaban J connectivity index is 1.68. The molecule has 0 unspecified atom stereocenters. The highest BCUT2D eigenvalue weighted by Gasteiger charge is 2.19. The van der Waals surface area contributed by atoms with Crippen LogP contribution in [0, 0.1) is 0 Å². The van der Waals surface area contributed by atoms with Crippen LogP contribution in [0.25, 0.3) is 23.3 Å². The van der Waals surface area contributed by atoms with Crippen LogP contribution in [0.4, 0.5) is 0 Å². The zero-order chi connectivity index (χ0) is 23.9. The lowest BCUT2D eigenvalue weighted by atomic mass is 10.0. The van der Waals surface area contributed by atoms with Crippen LogP contribution in [0.3, 0.4) is 0 Å². The summed E-state index contributed by atoms with van der Waals surface area (Å²) in [6.45, 7) is 3.73. The van der Waals surface area contributed by atoms with E-state index in [4.69, 9.17) is 9.47 Å². The quantitative estimate of drug-likeness (QED) is 0.503. The minimum absolute atomic E-state index is 0.138. The van der Waals surface area contributed by atoms with E-state index in [0.29, 0.717) is 35.5 Å². The third-order valence-electron chi connectivity index (χ3n) is 5.44. The minimum Gasteiger partial charge on any atom is -0.463 e. The van der Waals surface area contributed by atoms with E-state index in [1.165, 1.54) is 22.0 Å². The molecule has 4 rings (SSSR count). The van der Waals surface area contributed by atoms with E-state index < -0.39 is 5.97 Å². The molecular weight excluding hydrogens is 452 g/mol. The largest absolute Gasteiger partial charge is 0.463 e. The van der Waals surface area contributed by atoms with Crippen molar-refractivity contribution in [3.63, 3.8) is 0 Å². The molecule has 1 aliphatic heterocycles. The molecule has 0 saturated carbocycles. The highest BCUT2D eigenvalue weighted by atomic mass is 32.1. The Morgan fingerprint density at radius 2 is 1.71 bits per heavy atom. The number of morpholine rings is 1. The molecule has 0 aliphatic carbocycles. The minimum atomic E-state index is -0.546. The summed E-state index contributed by atoms with van der Waals surface area (Å²) < 4.78 is 12.5. The highest BCUT2D eigenvalue weighted by molar-refractivity contribution is 7.07. The summed E-state index contributed by atoms with van der Waals surface area (Å²) in [5.74, 6) is -0.726. The summed E-state index contributed by atoms with van der Waals surface area (Å²) in [4.78, 5) is 39.8. The number of ether oxygens (including phenoxy) is 2. The van der Waals surface area contributed by atoms with Crippen molar-refractivity contribution in [3.05, 3.63) is 79.7 Å². The van der Waals surface area contributed by atoms with Gasteiger partial charge in [-0.05, 0) is 29.7 Å². The number of thiazole rings is 1. The lowest BCUT2D eigenvalue weighted by molar-refractivity contribution is -0.136. The topological polar surface area (TPSA) is 77.8 Å². The molecule has 8 heteroatoms. The van der Waals surface area contributed by atoms with Gasteiger partial charge in [-0.3, -0.25) is 14.2 Å². The Kier molecular flexibility index (Phi) is 7.72. The Morgan fingerprint density at radius 3 is 2.38 bits per heavy atom. The van der Waals surface area contributed by atoms with Crippen molar-refractivity contribution in [2.24, 2.45) is 0 Å². The molecule has 34 heavy (non-hydrogen) atoms. The molecule has 0 N–H and O–H groups in total. The fourth-order valence-corrected chi connectivity index (χ4v) is 4.71. The van der Waals surface area contributed by atoms with Crippen molar-refractivity contribution in [2.45, 2.75) is 13.5 Å². The first-order valence-electron chi connectivity index (χ1n) is 11.2.